The summed E-state index contributed by atoms with van der Waals surface area (Å²) in [5, 5.41) is 2.50. The first kappa shape index (κ1) is 39.2. The molecular formula is C48H36I2N6O2S3. The van der Waals surface area contributed by atoms with Gasteiger partial charge in [0.15, 0.2) is 11.5 Å². The largest absolute Gasteiger partial charge is 0.463 e. The van der Waals surface area contributed by atoms with Crippen molar-refractivity contribution >= 4 is 123 Å². The average molecular weight is 1080 g/mol. The summed E-state index contributed by atoms with van der Waals surface area (Å²) in [5.41, 5.74) is 11.0. The maximum atomic E-state index is 6.01. The van der Waals surface area contributed by atoms with Gasteiger partial charge in [-0.1, -0.05) is 57.3 Å². The van der Waals surface area contributed by atoms with E-state index in [0.29, 0.717) is 22.9 Å². The molecule has 11 rings (SSSR count). The molecule has 0 bridgehead atoms. The van der Waals surface area contributed by atoms with Crippen molar-refractivity contribution in [2.45, 2.75) is 38.8 Å². The monoisotopic (exact) mass is 1080 g/mol. The molecule has 0 saturated carbocycles. The summed E-state index contributed by atoms with van der Waals surface area (Å²) in [6.45, 7) is 2.07. The van der Waals surface area contributed by atoms with Crippen LogP contribution in [0.5, 0.6) is 0 Å². The van der Waals surface area contributed by atoms with Gasteiger partial charge in [-0.15, -0.1) is 22.7 Å². The maximum Gasteiger partial charge on any atom is 0.154 e. The van der Waals surface area contributed by atoms with Gasteiger partial charge in [0.05, 0.1) is 24.3 Å². The molecule has 0 spiro atoms. The first-order valence-corrected chi connectivity index (χ1v) is 25.7. The maximum absolute atomic E-state index is 6.01. The third-order valence-electron chi connectivity index (χ3n) is 11.2. The first-order valence-electron chi connectivity index (χ1n) is 20.2. The predicted molar refractivity (Wildman–Crippen MR) is 271 cm³/mol. The molecule has 8 heterocycles. The minimum Gasteiger partial charge on any atom is -0.463 e. The molecule has 0 fully saturated rings. The fraction of sp³-hybridized carbons (Fsp3) is 0.167. The van der Waals surface area contributed by atoms with E-state index in [-0.39, 0.29) is 0 Å². The Labute approximate surface area is 390 Å². The lowest BCUT2D eigenvalue weighted by Crippen LogP contribution is -1.98. The van der Waals surface area contributed by atoms with Gasteiger partial charge in [-0.3, -0.25) is 0 Å². The third kappa shape index (κ3) is 7.25. The highest BCUT2D eigenvalue weighted by Gasteiger charge is 2.28. The molecule has 0 N–H and O–H groups in total. The van der Waals surface area contributed by atoms with E-state index in [1.807, 2.05) is 24.3 Å². The molecule has 8 nitrogen and oxygen atoms in total. The summed E-state index contributed by atoms with van der Waals surface area (Å²) in [6.07, 6.45) is 12.6. The van der Waals surface area contributed by atoms with Crippen LogP contribution < -0.4 is 0 Å². The summed E-state index contributed by atoms with van der Waals surface area (Å²) in [5.74, 6) is 1.22. The van der Waals surface area contributed by atoms with Gasteiger partial charge < -0.3 is 18.0 Å². The number of hydrogen-bond acceptors (Lipinski definition) is 9. The van der Waals surface area contributed by atoms with Crippen molar-refractivity contribution in [1.29, 1.82) is 0 Å². The van der Waals surface area contributed by atoms with Crippen molar-refractivity contribution in [2.24, 2.45) is 0 Å². The smallest absolute Gasteiger partial charge is 0.154 e. The van der Waals surface area contributed by atoms with Crippen molar-refractivity contribution in [1.82, 2.24) is 27.8 Å². The Bertz CT molecular complexity index is 3100. The molecule has 8 aromatic heterocycles. The lowest BCUT2D eigenvalue weighted by Gasteiger charge is -2.13. The number of unbranched alkanes of at least 4 members (excludes halogenated alkanes) is 2. The number of fused-ring (bicyclic) bond motifs is 4. The Morgan fingerprint density at radius 3 is 1.43 bits per heavy atom. The molecule has 0 saturated heterocycles. The third-order valence-corrected chi connectivity index (χ3v) is 15.6. The number of halogens is 2. The van der Waals surface area contributed by atoms with Crippen LogP contribution in [0.2, 0.25) is 0 Å². The van der Waals surface area contributed by atoms with Crippen LogP contribution in [0, 0.1) is 0 Å². The quantitative estimate of drug-likeness (QED) is 0.0612. The number of aromatic nitrogens is 6. The molecule has 61 heavy (non-hydrogen) atoms. The molecule has 0 aliphatic heterocycles. The second-order valence-corrected chi connectivity index (χ2v) is 19.8. The fourth-order valence-corrected chi connectivity index (χ4v) is 12.0. The summed E-state index contributed by atoms with van der Waals surface area (Å²) in [6, 6.07) is 34.5. The van der Waals surface area contributed by atoms with Crippen LogP contribution in [-0.4, -0.2) is 36.7 Å². The van der Waals surface area contributed by atoms with Gasteiger partial charge in [0.25, 0.3) is 0 Å². The van der Waals surface area contributed by atoms with Crippen LogP contribution in [0.3, 0.4) is 0 Å². The Kier molecular flexibility index (Phi) is 10.8. The lowest BCUT2D eigenvalue weighted by atomic mass is 10.0. The second kappa shape index (κ2) is 16.9. The van der Waals surface area contributed by atoms with Gasteiger partial charge in [-0.25, -0.2) is 9.97 Å². The molecule has 0 unspecified atom stereocenters. The molecule has 302 valence electrons. The first-order chi connectivity index (χ1) is 30.1. The second-order valence-electron chi connectivity index (χ2n) is 15.0. The highest BCUT2D eigenvalue weighted by molar-refractivity contribution is 14.1. The molecule has 13 heteroatoms. The number of rotatable bonds is 14. The summed E-state index contributed by atoms with van der Waals surface area (Å²) in [7, 11) is 0. The predicted octanol–water partition coefficient (Wildman–Crippen LogP) is 15.3. The number of furan rings is 2. The van der Waals surface area contributed by atoms with Gasteiger partial charge in [-0.2, -0.15) is 8.75 Å². The number of hydrogen-bond donors (Lipinski definition) is 0. The van der Waals surface area contributed by atoms with Crippen LogP contribution in [0.25, 0.3) is 109 Å². The summed E-state index contributed by atoms with van der Waals surface area (Å²) < 4.78 is 29.1. The standard InChI is InChI=1S/C48H36I2N6O2S3/c49-19-1-3-21-55-23-17-29-27-31(9-11-33(29)55)37-13-15-39(59-37)41-45-46(52-44(36-8-6-26-58-36)43(51-45)35-7-5-25-57-35)42(48-47(41)53-61-54-48)40-16-14-38(60-40)32-10-12-34-30(28-32)18-24-56(34)22-4-2-20-50/h5-18,23-28H,1-4,19-22H2. The van der Waals surface area contributed by atoms with Crippen LogP contribution in [0.4, 0.5) is 0 Å². The topological polar surface area (TPSA) is 87.7 Å². The van der Waals surface area contributed by atoms with E-state index in [0.717, 1.165) is 56.0 Å². The summed E-state index contributed by atoms with van der Waals surface area (Å²) >= 11 is 9.63. The van der Waals surface area contributed by atoms with Gasteiger partial charge in [0.2, 0.25) is 0 Å². The summed E-state index contributed by atoms with van der Waals surface area (Å²) in [4.78, 5) is 15.4. The molecule has 0 aliphatic rings. The minimum absolute atomic E-state index is 0.605. The lowest BCUT2D eigenvalue weighted by molar-refractivity contribution is 0.572. The Morgan fingerprint density at radius 1 is 0.508 bits per heavy atom. The van der Waals surface area contributed by atoms with E-state index < -0.39 is 0 Å². The van der Waals surface area contributed by atoms with Crippen molar-refractivity contribution in [2.75, 3.05) is 8.86 Å². The number of nitrogens with zero attached hydrogens (tertiary/aromatic N) is 6. The zero-order chi connectivity index (χ0) is 40.9. The molecule has 3 aromatic carbocycles. The number of benzene rings is 3. The van der Waals surface area contributed by atoms with Crippen LogP contribution in [0.15, 0.2) is 131 Å². The van der Waals surface area contributed by atoms with Crippen molar-refractivity contribution in [3.05, 3.63) is 122 Å². The van der Waals surface area contributed by atoms with Crippen molar-refractivity contribution < 1.29 is 8.83 Å². The molecular weight excluding hydrogens is 1040 g/mol. The Morgan fingerprint density at radius 2 is 0.984 bits per heavy atom. The van der Waals surface area contributed by atoms with Crippen LogP contribution >= 0.6 is 79.6 Å². The van der Waals surface area contributed by atoms with Gasteiger partial charge >= 0.3 is 0 Å². The fourth-order valence-electron chi connectivity index (χ4n) is 8.27. The van der Waals surface area contributed by atoms with Crippen LogP contribution in [0.1, 0.15) is 25.7 Å². The van der Waals surface area contributed by atoms with Gasteiger partial charge in [-0.05, 0) is 131 Å². The zero-order valence-corrected chi connectivity index (χ0v) is 39.4. The zero-order valence-electron chi connectivity index (χ0n) is 32.7. The molecule has 0 radical (unpaired) electrons. The number of alkyl halides is 2. The van der Waals surface area contributed by atoms with E-state index in [9.17, 15) is 0 Å². The van der Waals surface area contributed by atoms with E-state index in [2.05, 4.69) is 140 Å². The van der Waals surface area contributed by atoms with Crippen molar-refractivity contribution in [3.8, 4) is 64.7 Å². The highest BCUT2D eigenvalue weighted by Crippen LogP contribution is 2.48. The van der Waals surface area contributed by atoms with E-state index >= 15 is 0 Å². The Hall–Kier alpha value is -4.68. The SMILES string of the molecule is ICCCCn1ccc2cc(-c3ccc(-c4c5nsnc5c(-c5ccc(-c6ccc7c(ccn7CCCCI)c6)s5)c5nc(-c6ccco6)c(-c6ccco6)nc45)s3)ccc21. The van der Waals surface area contributed by atoms with Gasteiger partial charge in [0, 0.05) is 77.9 Å². The number of thiophene rings is 2. The number of aryl methyl sites for hydroxylation is 2. The van der Waals surface area contributed by atoms with Gasteiger partial charge in [0.1, 0.15) is 33.5 Å². The molecule has 0 aliphatic carbocycles. The Balaban J connectivity index is 1.06. The van der Waals surface area contributed by atoms with Crippen LogP contribution in [-0.2, 0) is 13.1 Å². The van der Waals surface area contributed by atoms with E-state index in [4.69, 9.17) is 27.5 Å². The normalized spacial score (nSPS) is 12.0. The minimum atomic E-state index is 0.605. The molecule has 0 amide bonds. The molecule has 0 atom stereocenters. The van der Waals surface area contributed by atoms with E-state index in [1.54, 1.807) is 35.2 Å². The van der Waals surface area contributed by atoms with E-state index in [1.165, 1.54) is 89.0 Å². The van der Waals surface area contributed by atoms with Crippen molar-refractivity contribution in [3.63, 3.8) is 0 Å². The highest BCUT2D eigenvalue weighted by atomic mass is 127. The molecule has 11 aromatic rings. The average Bonchev–Trinajstić information content (AvgIpc) is 4.14.